The van der Waals surface area contributed by atoms with Crippen LogP contribution in [0.1, 0.15) is 41.0 Å². The SMILES string of the molecule is Cc1ccc(C)n1-c1ccc(C(=O)NCC(=O)N2CCN(CC(=O)N3CCCCC3)CC2)cc1. The molecule has 2 aliphatic heterocycles. The molecule has 0 bridgehead atoms. The quantitative estimate of drug-likeness (QED) is 0.708. The number of hydrogen-bond acceptors (Lipinski definition) is 4. The average molecular weight is 466 g/mol. The van der Waals surface area contributed by atoms with E-state index in [-0.39, 0.29) is 24.3 Å². The van der Waals surface area contributed by atoms with Crippen LogP contribution in [0.15, 0.2) is 36.4 Å². The van der Waals surface area contributed by atoms with Crippen LogP contribution in [-0.2, 0) is 9.59 Å². The van der Waals surface area contributed by atoms with Crippen molar-refractivity contribution in [3.05, 3.63) is 53.3 Å². The number of piperazine rings is 1. The number of carbonyl (C=O) groups excluding carboxylic acids is 3. The van der Waals surface area contributed by atoms with Crippen LogP contribution in [-0.4, -0.2) is 89.3 Å². The molecule has 0 aliphatic carbocycles. The Hall–Kier alpha value is -3.13. The summed E-state index contributed by atoms with van der Waals surface area (Å²) in [6, 6.07) is 11.5. The van der Waals surface area contributed by atoms with E-state index < -0.39 is 0 Å². The molecule has 8 heteroatoms. The van der Waals surface area contributed by atoms with Gasteiger partial charge < -0.3 is 19.7 Å². The van der Waals surface area contributed by atoms with Crippen molar-refractivity contribution in [2.45, 2.75) is 33.1 Å². The highest BCUT2D eigenvalue weighted by Gasteiger charge is 2.25. The van der Waals surface area contributed by atoms with Gasteiger partial charge in [-0.05, 0) is 69.5 Å². The molecular weight excluding hydrogens is 430 g/mol. The van der Waals surface area contributed by atoms with Crippen molar-refractivity contribution in [3.63, 3.8) is 0 Å². The van der Waals surface area contributed by atoms with Crippen molar-refractivity contribution in [1.82, 2.24) is 24.6 Å². The Balaban J connectivity index is 1.21. The third-order valence-corrected chi connectivity index (χ3v) is 6.85. The first kappa shape index (κ1) is 24.0. The largest absolute Gasteiger partial charge is 0.343 e. The first-order valence-corrected chi connectivity index (χ1v) is 12.2. The fourth-order valence-corrected chi connectivity index (χ4v) is 4.80. The van der Waals surface area contributed by atoms with Gasteiger partial charge in [0.2, 0.25) is 11.8 Å². The highest BCUT2D eigenvalue weighted by molar-refractivity contribution is 5.96. The first-order valence-electron chi connectivity index (χ1n) is 12.2. The van der Waals surface area contributed by atoms with Gasteiger partial charge in [0, 0.05) is 61.9 Å². The van der Waals surface area contributed by atoms with Gasteiger partial charge in [0.05, 0.1) is 13.1 Å². The van der Waals surface area contributed by atoms with Gasteiger partial charge in [0.1, 0.15) is 0 Å². The summed E-state index contributed by atoms with van der Waals surface area (Å²) in [5, 5.41) is 2.75. The fraction of sp³-hybridized carbons (Fsp3) is 0.500. The fourth-order valence-electron chi connectivity index (χ4n) is 4.80. The van der Waals surface area contributed by atoms with Crippen LogP contribution in [0, 0.1) is 13.8 Å². The van der Waals surface area contributed by atoms with Crippen molar-refractivity contribution < 1.29 is 14.4 Å². The Kier molecular flexibility index (Phi) is 7.67. The molecule has 0 radical (unpaired) electrons. The topological polar surface area (TPSA) is 77.9 Å². The molecule has 182 valence electrons. The number of nitrogens with zero attached hydrogens (tertiary/aromatic N) is 4. The number of aryl methyl sites for hydroxylation is 2. The number of carbonyl (C=O) groups is 3. The zero-order chi connectivity index (χ0) is 24.1. The lowest BCUT2D eigenvalue weighted by Gasteiger charge is -2.36. The number of amides is 3. The van der Waals surface area contributed by atoms with E-state index in [2.05, 4.69) is 26.9 Å². The van der Waals surface area contributed by atoms with Gasteiger partial charge in [-0.1, -0.05) is 0 Å². The Morgan fingerprint density at radius 1 is 0.735 bits per heavy atom. The molecule has 2 aliphatic rings. The Bertz CT molecular complexity index is 996. The summed E-state index contributed by atoms with van der Waals surface area (Å²) in [6.07, 6.45) is 3.40. The lowest BCUT2D eigenvalue weighted by Crippen LogP contribution is -2.53. The molecule has 1 N–H and O–H groups in total. The van der Waals surface area contributed by atoms with Gasteiger partial charge in [-0.2, -0.15) is 0 Å². The molecule has 1 aromatic heterocycles. The summed E-state index contributed by atoms with van der Waals surface area (Å²) in [5.41, 5.74) is 3.80. The zero-order valence-corrected chi connectivity index (χ0v) is 20.3. The maximum atomic E-state index is 12.6. The zero-order valence-electron chi connectivity index (χ0n) is 20.3. The number of piperidine rings is 1. The van der Waals surface area contributed by atoms with Crippen LogP contribution in [0.3, 0.4) is 0 Å². The van der Waals surface area contributed by atoms with Crippen molar-refractivity contribution >= 4 is 17.7 Å². The number of rotatable bonds is 6. The maximum Gasteiger partial charge on any atom is 0.251 e. The molecule has 4 rings (SSSR count). The van der Waals surface area contributed by atoms with Gasteiger partial charge >= 0.3 is 0 Å². The first-order chi connectivity index (χ1) is 16.4. The van der Waals surface area contributed by atoms with Crippen LogP contribution in [0.2, 0.25) is 0 Å². The number of hydrogen-bond donors (Lipinski definition) is 1. The Morgan fingerprint density at radius 2 is 1.32 bits per heavy atom. The van der Waals surface area contributed by atoms with Gasteiger partial charge in [-0.25, -0.2) is 0 Å². The van der Waals surface area contributed by atoms with Crippen molar-refractivity contribution in [3.8, 4) is 5.69 Å². The molecule has 1 aromatic carbocycles. The van der Waals surface area contributed by atoms with Gasteiger partial charge in [0.25, 0.3) is 5.91 Å². The van der Waals surface area contributed by atoms with Crippen LogP contribution >= 0.6 is 0 Å². The number of likely N-dealkylation sites (tertiary alicyclic amines) is 1. The van der Waals surface area contributed by atoms with Crippen LogP contribution in [0.4, 0.5) is 0 Å². The van der Waals surface area contributed by atoms with Crippen molar-refractivity contribution in [2.75, 3.05) is 52.4 Å². The summed E-state index contributed by atoms with van der Waals surface area (Å²) in [4.78, 5) is 43.5. The molecule has 0 unspecified atom stereocenters. The van der Waals surface area contributed by atoms with E-state index in [1.54, 1.807) is 17.0 Å². The molecule has 0 saturated carbocycles. The van der Waals surface area contributed by atoms with Crippen molar-refractivity contribution in [2.24, 2.45) is 0 Å². The van der Waals surface area contributed by atoms with Crippen LogP contribution < -0.4 is 5.32 Å². The normalized spacial score (nSPS) is 17.0. The molecule has 0 atom stereocenters. The smallest absolute Gasteiger partial charge is 0.251 e. The molecule has 34 heavy (non-hydrogen) atoms. The van der Waals surface area contributed by atoms with Gasteiger partial charge in [0.15, 0.2) is 0 Å². The summed E-state index contributed by atoms with van der Waals surface area (Å²) < 4.78 is 2.13. The highest BCUT2D eigenvalue weighted by Crippen LogP contribution is 2.17. The predicted molar refractivity (Wildman–Crippen MR) is 131 cm³/mol. The average Bonchev–Trinajstić information content (AvgIpc) is 3.21. The molecular formula is C26H35N5O3. The van der Waals surface area contributed by atoms with Crippen LogP contribution in [0.5, 0.6) is 0 Å². The second kappa shape index (κ2) is 10.9. The van der Waals surface area contributed by atoms with E-state index in [0.717, 1.165) is 43.0 Å². The third kappa shape index (κ3) is 5.67. The molecule has 8 nitrogen and oxygen atoms in total. The number of benzene rings is 1. The molecule has 0 spiro atoms. The van der Waals surface area contributed by atoms with E-state index in [1.807, 2.05) is 30.9 Å². The van der Waals surface area contributed by atoms with E-state index in [4.69, 9.17) is 0 Å². The number of aromatic nitrogens is 1. The summed E-state index contributed by atoms with van der Waals surface area (Å²) in [5.74, 6) is -0.156. The van der Waals surface area contributed by atoms with Gasteiger partial charge in [-0.15, -0.1) is 0 Å². The standard InChI is InChI=1S/C26H35N5O3/c1-20-6-7-21(2)31(20)23-10-8-22(9-11-23)26(34)27-18-24(32)30-16-14-28(15-17-30)19-25(33)29-12-4-3-5-13-29/h6-11H,3-5,12-19H2,1-2H3,(H,27,34). The van der Waals surface area contributed by atoms with Gasteiger partial charge in [-0.3, -0.25) is 19.3 Å². The van der Waals surface area contributed by atoms with E-state index >= 15 is 0 Å². The molecule has 3 heterocycles. The molecule has 3 amide bonds. The highest BCUT2D eigenvalue weighted by atomic mass is 16.2. The third-order valence-electron chi connectivity index (χ3n) is 6.85. The minimum atomic E-state index is -0.258. The lowest BCUT2D eigenvalue weighted by molar-refractivity contribution is -0.135. The molecule has 2 aromatic rings. The monoisotopic (exact) mass is 465 g/mol. The second-order valence-corrected chi connectivity index (χ2v) is 9.28. The Morgan fingerprint density at radius 3 is 1.94 bits per heavy atom. The second-order valence-electron chi connectivity index (χ2n) is 9.28. The van der Waals surface area contributed by atoms with E-state index in [1.165, 1.54) is 6.42 Å². The lowest BCUT2D eigenvalue weighted by atomic mass is 10.1. The van der Waals surface area contributed by atoms with Crippen molar-refractivity contribution in [1.29, 1.82) is 0 Å². The predicted octanol–water partition coefficient (Wildman–Crippen LogP) is 1.98. The molecule has 2 saturated heterocycles. The molecule has 2 fully saturated rings. The van der Waals surface area contributed by atoms with E-state index in [9.17, 15) is 14.4 Å². The minimum Gasteiger partial charge on any atom is -0.343 e. The summed E-state index contributed by atoms with van der Waals surface area (Å²) in [7, 11) is 0. The Labute approximate surface area is 201 Å². The summed E-state index contributed by atoms with van der Waals surface area (Å²) in [6.45, 7) is 8.74. The minimum absolute atomic E-state index is 0.0247. The number of nitrogens with one attached hydrogen (secondary N) is 1. The van der Waals surface area contributed by atoms with Crippen LogP contribution in [0.25, 0.3) is 5.69 Å². The van der Waals surface area contributed by atoms with E-state index in [0.29, 0.717) is 38.3 Å². The maximum absolute atomic E-state index is 12.6. The summed E-state index contributed by atoms with van der Waals surface area (Å²) >= 11 is 0.